The normalized spacial score (nSPS) is 24.1. The van der Waals surface area contributed by atoms with Crippen LogP contribution in [0.4, 0.5) is 0 Å². The quantitative estimate of drug-likeness (QED) is 0.499. The van der Waals surface area contributed by atoms with Crippen molar-refractivity contribution in [2.24, 2.45) is 17.3 Å². The number of amides is 1. The molecule has 0 bridgehead atoms. The van der Waals surface area contributed by atoms with E-state index in [-0.39, 0.29) is 29.5 Å². The van der Waals surface area contributed by atoms with Crippen LogP contribution in [0.1, 0.15) is 87.9 Å². The molecule has 1 aliphatic heterocycles. The van der Waals surface area contributed by atoms with Gasteiger partial charge >= 0.3 is 5.97 Å². The van der Waals surface area contributed by atoms with Crippen molar-refractivity contribution in [3.05, 3.63) is 58.5 Å². The fraction of sp³-hybridized carbons (Fsp3) is 0.594. The van der Waals surface area contributed by atoms with Crippen LogP contribution in [0, 0.1) is 17.3 Å². The third-order valence-electron chi connectivity index (χ3n) is 9.85. The van der Waals surface area contributed by atoms with Crippen LogP contribution in [0.5, 0.6) is 0 Å². The number of rotatable bonds is 7. The maximum atomic E-state index is 13.6. The molecule has 2 atom stereocenters. The van der Waals surface area contributed by atoms with E-state index >= 15 is 0 Å². The number of carboxylic acids is 1. The molecule has 1 saturated heterocycles. The average molecular weight is 535 g/mol. The summed E-state index contributed by atoms with van der Waals surface area (Å²) in [6.45, 7) is 3.04. The smallest absolute Gasteiger partial charge is 0.337 e. The van der Waals surface area contributed by atoms with Crippen LogP contribution >= 0.6 is 0 Å². The minimum absolute atomic E-state index is 0.0241. The molecule has 0 radical (unpaired) electrons. The molecule has 2 N–H and O–H groups in total. The number of piperidine rings is 1. The summed E-state index contributed by atoms with van der Waals surface area (Å²) in [7, 11) is 0. The van der Waals surface area contributed by atoms with Crippen LogP contribution in [0.15, 0.2) is 47.4 Å². The van der Waals surface area contributed by atoms with Crippen molar-refractivity contribution >= 4 is 11.9 Å². The average Bonchev–Trinajstić information content (AvgIpc) is 3.42. The number of likely N-dealkylation sites (tertiary alicyclic amines) is 1. The number of benzene rings is 1. The number of pyridine rings is 1. The van der Waals surface area contributed by atoms with Crippen LogP contribution in [-0.4, -0.2) is 50.2 Å². The Morgan fingerprint density at radius 1 is 1.03 bits per heavy atom. The van der Waals surface area contributed by atoms with Crippen LogP contribution in [0.25, 0.3) is 11.1 Å². The second kappa shape index (κ2) is 11.3. The third-order valence-corrected chi connectivity index (χ3v) is 9.85. The van der Waals surface area contributed by atoms with Crippen LogP contribution in [-0.2, 0) is 11.3 Å². The summed E-state index contributed by atoms with van der Waals surface area (Å²) in [4.78, 5) is 41.0. The molecule has 1 aromatic heterocycles. The molecule has 2 aliphatic carbocycles. The Balaban J connectivity index is 1.38. The molecule has 2 heterocycles. The van der Waals surface area contributed by atoms with Crippen molar-refractivity contribution in [3.8, 4) is 11.1 Å². The first kappa shape index (κ1) is 27.6. The van der Waals surface area contributed by atoms with Gasteiger partial charge in [-0.2, -0.15) is 0 Å². The molecule has 2 aromatic rings. The topological polar surface area (TPSA) is 99.8 Å². The Kier molecular flexibility index (Phi) is 7.99. The largest absolute Gasteiger partial charge is 0.478 e. The van der Waals surface area contributed by atoms with E-state index in [4.69, 9.17) is 0 Å². The summed E-state index contributed by atoms with van der Waals surface area (Å²) in [5.41, 5.74) is -0.944. The van der Waals surface area contributed by atoms with Crippen molar-refractivity contribution in [1.29, 1.82) is 0 Å². The molecule has 3 aliphatic rings. The molecule has 7 nitrogen and oxygen atoms in total. The van der Waals surface area contributed by atoms with Gasteiger partial charge < -0.3 is 19.7 Å². The van der Waals surface area contributed by atoms with E-state index in [9.17, 15) is 24.6 Å². The second-order valence-electron chi connectivity index (χ2n) is 12.4. The van der Waals surface area contributed by atoms with E-state index in [0.29, 0.717) is 36.6 Å². The van der Waals surface area contributed by atoms with Gasteiger partial charge in [-0.05, 0) is 37.2 Å². The summed E-state index contributed by atoms with van der Waals surface area (Å²) in [5, 5.41) is 22.1. The number of carboxylic acid groups (broad SMARTS) is 1. The zero-order valence-electron chi connectivity index (χ0n) is 23.1. The highest BCUT2D eigenvalue weighted by molar-refractivity contribution is 5.95. The first-order valence-electron chi connectivity index (χ1n) is 14.8. The lowest BCUT2D eigenvalue weighted by Crippen LogP contribution is -2.62. The Hall–Kier alpha value is -2.93. The number of aromatic carboxylic acids is 1. The number of hydrogen-bond donors (Lipinski definition) is 2. The number of carbonyl (C=O) groups is 2. The lowest BCUT2D eigenvalue weighted by atomic mass is 9.65. The van der Waals surface area contributed by atoms with E-state index in [0.717, 1.165) is 32.1 Å². The number of aromatic nitrogens is 1. The van der Waals surface area contributed by atoms with Gasteiger partial charge in [-0.25, -0.2) is 4.79 Å². The number of hydrogen-bond acceptors (Lipinski definition) is 4. The summed E-state index contributed by atoms with van der Waals surface area (Å²) in [6.07, 6.45) is 12.5. The highest BCUT2D eigenvalue weighted by Gasteiger charge is 2.55. The van der Waals surface area contributed by atoms with E-state index in [1.807, 2.05) is 23.1 Å². The SMILES string of the molecule is C[C@H](CC1CCCCC1)C(=O)N1CCC(O)(Cn2cc(C(=O)O)c(-c3ccccc3)cc2=O)C2(CCCC2)C1. The van der Waals surface area contributed by atoms with Gasteiger partial charge in [0.2, 0.25) is 5.91 Å². The predicted molar refractivity (Wildman–Crippen MR) is 151 cm³/mol. The molecule has 2 saturated carbocycles. The van der Waals surface area contributed by atoms with E-state index < -0.39 is 17.0 Å². The highest BCUT2D eigenvalue weighted by Crippen LogP contribution is 2.52. The van der Waals surface area contributed by atoms with E-state index in [1.165, 1.54) is 48.9 Å². The fourth-order valence-electron chi connectivity index (χ4n) is 7.63. The second-order valence-corrected chi connectivity index (χ2v) is 12.4. The molecule has 7 heteroatoms. The van der Waals surface area contributed by atoms with Gasteiger partial charge in [0.25, 0.3) is 5.56 Å². The molecule has 1 spiro atoms. The Morgan fingerprint density at radius 2 is 1.72 bits per heavy atom. The first-order valence-corrected chi connectivity index (χ1v) is 14.8. The third kappa shape index (κ3) is 5.56. The zero-order valence-corrected chi connectivity index (χ0v) is 23.1. The minimum atomic E-state index is -1.19. The molecule has 39 heavy (non-hydrogen) atoms. The Labute approximate surface area is 230 Å². The number of nitrogens with zero attached hydrogens (tertiary/aromatic N) is 2. The first-order chi connectivity index (χ1) is 18.7. The molecular weight excluding hydrogens is 492 g/mol. The van der Waals surface area contributed by atoms with Crippen LogP contribution < -0.4 is 5.56 Å². The van der Waals surface area contributed by atoms with Gasteiger partial charge in [0.15, 0.2) is 0 Å². The van der Waals surface area contributed by atoms with E-state index in [1.54, 1.807) is 12.1 Å². The summed E-state index contributed by atoms with van der Waals surface area (Å²) in [5.74, 6) is -0.318. The van der Waals surface area contributed by atoms with Gasteiger partial charge in [-0.1, -0.05) is 82.2 Å². The molecule has 1 amide bonds. The summed E-state index contributed by atoms with van der Waals surface area (Å²) < 4.78 is 1.37. The highest BCUT2D eigenvalue weighted by atomic mass is 16.4. The lowest BCUT2D eigenvalue weighted by Gasteiger charge is -2.53. The van der Waals surface area contributed by atoms with Crippen LogP contribution in [0.3, 0.4) is 0 Å². The van der Waals surface area contributed by atoms with Crippen molar-refractivity contribution < 1.29 is 19.8 Å². The number of aliphatic hydroxyl groups is 1. The molecule has 1 unspecified atom stereocenters. The van der Waals surface area contributed by atoms with Gasteiger partial charge in [-0.15, -0.1) is 0 Å². The van der Waals surface area contributed by atoms with Gasteiger partial charge in [-0.3, -0.25) is 9.59 Å². The van der Waals surface area contributed by atoms with E-state index in [2.05, 4.69) is 6.92 Å². The summed E-state index contributed by atoms with van der Waals surface area (Å²) >= 11 is 0. The number of carbonyl (C=O) groups excluding carboxylic acids is 1. The molecule has 1 aromatic carbocycles. The van der Waals surface area contributed by atoms with Crippen molar-refractivity contribution in [1.82, 2.24) is 9.47 Å². The van der Waals surface area contributed by atoms with Crippen molar-refractivity contribution in [2.45, 2.75) is 89.7 Å². The van der Waals surface area contributed by atoms with Crippen molar-refractivity contribution in [3.63, 3.8) is 0 Å². The van der Waals surface area contributed by atoms with Crippen LogP contribution in [0.2, 0.25) is 0 Å². The standard InChI is InChI=1S/C32H42N2O5/c1-23(18-24-10-4-2-5-11-24)29(36)33-17-16-32(39,31(21-33)14-8-9-15-31)22-34-20-27(30(37)38)26(19-28(34)35)25-12-6-3-7-13-25/h3,6-7,12-13,19-20,23-24,39H,2,4-5,8-11,14-18,21-22H2,1H3,(H,37,38)/t23-,32?/m1/s1. The van der Waals surface area contributed by atoms with Gasteiger partial charge in [0.05, 0.1) is 17.7 Å². The maximum Gasteiger partial charge on any atom is 0.337 e. The Morgan fingerprint density at radius 3 is 2.38 bits per heavy atom. The Bertz CT molecular complexity index is 1240. The lowest BCUT2D eigenvalue weighted by molar-refractivity contribution is -0.163. The molecule has 210 valence electrons. The van der Waals surface area contributed by atoms with Crippen molar-refractivity contribution in [2.75, 3.05) is 13.1 Å². The molecular formula is C32H42N2O5. The van der Waals surface area contributed by atoms with Gasteiger partial charge in [0, 0.05) is 42.2 Å². The molecule has 3 fully saturated rings. The zero-order chi connectivity index (χ0) is 27.6. The summed E-state index contributed by atoms with van der Waals surface area (Å²) in [6, 6.07) is 10.4. The fourth-order valence-corrected chi connectivity index (χ4v) is 7.63. The predicted octanol–water partition coefficient (Wildman–Crippen LogP) is 5.34. The molecule has 5 rings (SSSR count). The van der Waals surface area contributed by atoms with Gasteiger partial charge in [0.1, 0.15) is 0 Å². The monoisotopic (exact) mass is 534 g/mol. The maximum absolute atomic E-state index is 13.6. The minimum Gasteiger partial charge on any atom is -0.478 e.